The molecule has 21 heavy (non-hydrogen) atoms. The highest BCUT2D eigenvalue weighted by Crippen LogP contribution is 2.32. The number of hydrogen-bond donors (Lipinski definition) is 1. The molecule has 0 bridgehead atoms. The number of carboxylic acid groups (broad SMARTS) is 1. The van der Waals surface area contributed by atoms with Crippen LogP contribution in [0.2, 0.25) is 0 Å². The number of aromatic nitrogens is 2. The lowest BCUT2D eigenvalue weighted by molar-refractivity contribution is -0.138. The molecule has 2 heterocycles. The molecule has 0 spiro atoms. The Morgan fingerprint density at radius 3 is 2.90 bits per heavy atom. The van der Waals surface area contributed by atoms with Crippen molar-refractivity contribution in [2.75, 3.05) is 18.6 Å². The van der Waals surface area contributed by atoms with E-state index in [4.69, 9.17) is 4.74 Å². The summed E-state index contributed by atoms with van der Waals surface area (Å²) in [5, 5.41) is 9.48. The number of nitrogens with zero attached hydrogens (tertiary/aromatic N) is 3. The molecule has 2 atom stereocenters. The lowest BCUT2D eigenvalue weighted by atomic mass is 10.1. The van der Waals surface area contributed by atoms with Gasteiger partial charge in [-0.15, -0.1) is 0 Å². The maximum absolute atomic E-state index is 11.5. The molecule has 2 unspecified atom stereocenters. The number of ether oxygens (including phenoxy) is 1. The van der Waals surface area contributed by atoms with E-state index in [1.54, 1.807) is 13.4 Å². The SMILES string of the molecule is COC1CC(C(=O)O)N(c2ncnc3c2CCCCC3)C1. The lowest BCUT2D eigenvalue weighted by Crippen LogP contribution is -2.37. The van der Waals surface area contributed by atoms with Crippen LogP contribution in [0.4, 0.5) is 5.82 Å². The fourth-order valence-electron chi connectivity index (χ4n) is 3.36. The quantitative estimate of drug-likeness (QED) is 0.849. The highest BCUT2D eigenvalue weighted by Gasteiger charge is 2.39. The van der Waals surface area contributed by atoms with Crippen LogP contribution in [0.25, 0.3) is 0 Å². The van der Waals surface area contributed by atoms with Crippen molar-refractivity contribution in [2.45, 2.75) is 50.7 Å². The second-order valence-corrected chi connectivity index (χ2v) is 5.78. The standard InChI is InChI=1S/C15H21N3O3/c1-21-10-7-13(15(19)20)18(8-10)14-11-5-3-2-4-6-12(11)16-9-17-14/h9-10,13H,2-8H2,1H3,(H,19,20). The van der Waals surface area contributed by atoms with Crippen molar-refractivity contribution in [3.8, 4) is 0 Å². The number of aliphatic carboxylic acids is 1. The zero-order chi connectivity index (χ0) is 14.8. The van der Waals surface area contributed by atoms with E-state index < -0.39 is 12.0 Å². The van der Waals surface area contributed by atoms with Gasteiger partial charge in [0.1, 0.15) is 18.2 Å². The molecule has 0 radical (unpaired) electrons. The number of fused-ring (bicyclic) bond motifs is 1. The predicted octanol–water partition coefficient (Wildman–Crippen LogP) is 1.42. The maximum Gasteiger partial charge on any atom is 0.326 e. The third-order valence-electron chi connectivity index (χ3n) is 4.51. The summed E-state index contributed by atoms with van der Waals surface area (Å²) in [7, 11) is 1.63. The molecule has 1 saturated heterocycles. The fourth-order valence-corrected chi connectivity index (χ4v) is 3.36. The minimum Gasteiger partial charge on any atom is -0.480 e. The van der Waals surface area contributed by atoms with Crippen LogP contribution in [0, 0.1) is 0 Å². The molecule has 6 nitrogen and oxygen atoms in total. The van der Waals surface area contributed by atoms with E-state index in [0.29, 0.717) is 13.0 Å². The topological polar surface area (TPSA) is 75.6 Å². The van der Waals surface area contributed by atoms with Crippen LogP contribution in [-0.2, 0) is 22.4 Å². The van der Waals surface area contributed by atoms with Crippen molar-refractivity contribution in [3.63, 3.8) is 0 Å². The first kappa shape index (κ1) is 14.3. The predicted molar refractivity (Wildman–Crippen MR) is 77.5 cm³/mol. The van der Waals surface area contributed by atoms with Gasteiger partial charge in [-0.3, -0.25) is 0 Å². The Kier molecular flexibility index (Phi) is 4.05. The lowest BCUT2D eigenvalue weighted by Gasteiger charge is -2.25. The summed E-state index contributed by atoms with van der Waals surface area (Å²) in [6, 6.07) is -0.558. The van der Waals surface area contributed by atoms with Gasteiger partial charge in [0.15, 0.2) is 0 Å². The molecule has 1 aromatic heterocycles. The summed E-state index contributed by atoms with van der Waals surface area (Å²) in [6.07, 6.45) is 7.37. The van der Waals surface area contributed by atoms with E-state index >= 15 is 0 Å². The molecule has 1 fully saturated rings. The zero-order valence-corrected chi connectivity index (χ0v) is 12.3. The fraction of sp³-hybridized carbons (Fsp3) is 0.667. The molecule has 1 aliphatic heterocycles. The highest BCUT2D eigenvalue weighted by atomic mass is 16.5. The molecular formula is C15H21N3O3. The van der Waals surface area contributed by atoms with Gasteiger partial charge >= 0.3 is 5.97 Å². The van der Waals surface area contributed by atoms with Gasteiger partial charge in [0.2, 0.25) is 0 Å². The van der Waals surface area contributed by atoms with Gasteiger partial charge in [-0.25, -0.2) is 14.8 Å². The van der Waals surface area contributed by atoms with Crippen LogP contribution < -0.4 is 4.90 Å². The Morgan fingerprint density at radius 2 is 2.14 bits per heavy atom. The van der Waals surface area contributed by atoms with Gasteiger partial charge in [-0.2, -0.15) is 0 Å². The molecule has 3 rings (SSSR count). The Morgan fingerprint density at radius 1 is 1.33 bits per heavy atom. The number of aryl methyl sites for hydroxylation is 1. The largest absolute Gasteiger partial charge is 0.480 e. The minimum absolute atomic E-state index is 0.0532. The van der Waals surface area contributed by atoms with Gasteiger partial charge in [0.05, 0.1) is 6.10 Å². The van der Waals surface area contributed by atoms with Crippen molar-refractivity contribution in [1.29, 1.82) is 0 Å². The van der Waals surface area contributed by atoms with Gasteiger partial charge in [-0.1, -0.05) is 6.42 Å². The van der Waals surface area contributed by atoms with Crippen LogP contribution >= 0.6 is 0 Å². The second-order valence-electron chi connectivity index (χ2n) is 5.78. The molecule has 0 amide bonds. The number of rotatable bonds is 3. The summed E-state index contributed by atoms with van der Waals surface area (Å²) < 4.78 is 5.36. The Balaban J connectivity index is 1.97. The molecule has 0 aromatic carbocycles. The molecule has 0 saturated carbocycles. The molecule has 2 aliphatic rings. The average Bonchev–Trinajstić information content (AvgIpc) is 2.77. The Hall–Kier alpha value is -1.69. The Labute approximate surface area is 124 Å². The summed E-state index contributed by atoms with van der Waals surface area (Å²) in [4.78, 5) is 22.3. The molecular weight excluding hydrogens is 270 g/mol. The molecule has 6 heteroatoms. The summed E-state index contributed by atoms with van der Waals surface area (Å²) in [5.74, 6) is -0.00983. The van der Waals surface area contributed by atoms with Crippen LogP contribution in [0.5, 0.6) is 0 Å². The van der Waals surface area contributed by atoms with E-state index in [2.05, 4.69) is 9.97 Å². The van der Waals surface area contributed by atoms with Crippen molar-refractivity contribution in [1.82, 2.24) is 9.97 Å². The monoisotopic (exact) mass is 291 g/mol. The van der Waals surface area contributed by atoms with E-state index in [1.807, 2.05) is 4.90 Å². The molecule has 114 valence electrons. The molecule has 1 aliphatic carbocycles. The number of anilines is 1. The maximum atomic E-state index is 11.5. The van der Waals surface area contributed by atoms with Crippen LogP contribution in [-0.4, -0.2) is 46.8 Å². The van der Waals surface area contributed by atoms with E-state index in [-0.39, 0.29) is 6.10 Å². The van der Waals surface area contributed by atoms with E-state index in [9.17, 15) is 9.90 Å². The number of carbonyl (C=O) groups is 1. The third-order valence-corrected chi connectivity index (χ3v) is 4.51. The van der Waals surface area contributed by atoms with E-state index in [1.165, 1.54) is 6.42 Å². The Bertz CT molecular complexity index is 535. The average molecular weight is 291 g/mol. The first-order valence-corrected chi connectivity index (χ1v) is 7.55. The summed E-state index contributed by atoms with van der Waals surface area (Å²) in [6.45, 7) is 0.580. The number of methoxy groups -OCH3 is 1. The van der Waals surface area contributed by atoms with Gasteiger partial charge in [0.25, 0.3) is 0 Å². The minimum atomic E-state index is -0.810. The van der Waals surface area contributed by atoms with Crippen molar-refractivity contribution < 1.29 is 14.6 Å². The van der Waals surface area contributed by atoms with Crippen LogP contribution in [0.15, 0.2) is 6.33 Å². The summed E-state index contributed by atoms with van der Waals surface area (Å²) in [5.41, 5.74) is 2.22. The second kappa shape index (κ2) is 5.97. The van der Waals surface area contributed by atoms with E-state index in [0.717, 1.165) is 42.8 Å². The van der Waals surface area contributed by atoms with Crippen LogP contribution in [0.1, 0.15) is 36.9 Å². The van der Waals surface area contributed by atoms with Crippen molar-refractivity contribution in [3.05, 3.63) is 17.6 Å². The zero-order valence-electron chi connectivity index (χ0n) is 12.3. The molecule has 1 N–H and O–H groups in total. The normalized spacial score (nSPS) is 25.5. The first-order valence-electron chi connectivity index (χ1n) is 7.55. The van der Waals surface area contributed by atoms with Gasteiger partial charge in [-0.05, 0) is 25.7 Å². The van der Waals surface area contributed by atoms with Crippen molar-refractivity contribution in [2.24, 2.45) is 0 Å². The first-order chi connectivity index (χ1) is 10.2. The molecule has 1 aromatic rings. The third kappa shape index (κ3) is 2.72. The van der Waals surface area contributed by atoms with Crippen molar-refractivity contribution >= 4 is 11.8 Å². The van der Waals surface area contributed by atoms with Gasteiger partial charge < -0.3 is 14.7 Å². The van der Waals surface area contributed by atoms with Gasteiger partial charge in [0, 0.05) is 31.3 Å². The number of carboxylic acids is 1. The number of hydrogen-bond acceptors (Lipinski definition) is 5. The highest BCUT2D eigenvalue weighted by molar-refractivity contribution is 5.79. The smallest absolute Gasteiger partial charge is 0.326 e. The van der Waals surface area contributed by atoms with Crippen LogP contribution in [0.3, 0.4) is 0 Å². The summed E-state index contributed by atoms with van der Waals surface area (Å²) >= 11 is 0.